The molecule has 1 aromatic rings. The van der Waals surface area contributed by atoms with E-state index in [1.54, 1.807) is 6.08 Å². The van der Waals surface area contributed by atoms with Crippen molar-refractivity contribution in [1.29, 1.82) is 0 Å². The van der Waals surface area contributed by atoms with Gasteiger partial charge in [-0.1, -0.05) is 12.1 Å². The number of carbonyl (C=O) groups is 1. The number of rotatable bonds is 3. The predicted octanol–water partition coefficient (Wildman–Crippen LogP) is 1.19. The van der Waals surface area contributed by atoms with Crippen molar-refractivity contribution in [2.45, 2.75) is 0 Å². The highest BCUT2D eigenvalue weighted by molar-refractivity contribution is 5.85. The average Bonchev–Trinajstić information content (AvgIpc) is 2.38. The molecule has 0 saturated carbocycles. The molecule has 0 amide bonds. The van der Waals surface area contributed by atoms with Gasteiger partial charge in [-0.05, 0) is 23.8 Å². The second-order valence-corrected chi connectivity index (χ2v) is 4.00. The number of hydrogen-bond acceptors (Lipinski definition) is 3. The molecule has 1 heterocycles. The van der Waals surface area contributed by atoms with Gasteiger partial charge in [-0.15, -0.1) is 0 Å². The van der Waals surface area contributed by atoms with Crippen molar-refractivity contribution in [1.82, 2.24) is 5.32 Å². The van der Waals surface area contributed by atoms with Crippen LogP contribution in [0, 0.1) is 0 Å². The molecule has 1 aliphatic rings. The monoisotopic (exact) mass is 232 g/mol. The van der Waals surface area contributed by atoms with Crippen LogP contribution < -0.4 is 10.2 Å². The number of anilines is 1. The van der Waals surface area contributed by atoms with E-state index in [1.165, 1.54) is 5.69 Å². The summed E-state index contributed by atoms with van der Waals surface area (Å²) in [5.41, 5.74) is 2.10. The number of carboxylic acid groups (broad SMARTS) is 1. The molecule has 2 rings (SSSR count). The van der Waals surface area contributed by atoms with Gasteiger partial charge in [0.25, 0.3) is 0 Å². The molecule has 1 aromatic carbocycles. The highest BCUT2D eigenvalue weighted by atomic mass is 16.4. The van der Waals surface area contributed by atoms with Crippen LogP contribution in [0.4, 0.5) is 5.69 Å². The first kappa shape index (κ1) is 11.7. The van der Waals surface area contributed by atoms with E-state index in [4.69, 9.17) is 5.11 Å². The van der Waals surface area contributed by atoms with E-state index in [0.29, 0.717) is 0 Å². The number of nitrogens with one attached hydrogen (secondary N) is 1. The van der Waals surface area contributed by atoms with Gasteiger partial charge >= 0.3 is 5.97 Å². The first-order valence-electron chi connectivity index (χ1n) is 5.72. The summed E-state index contributed by atoms with van der Waals surface area (Å²) in [5.74, 6) is -0.920. The average molecular weight is 232 g/mol. The summed E-state index contributed by atoms with van der Waals surface area (Å²) in [7, 11) is 0. The van der Waals surface area contributed by atoms with Crippen LogP contribution in [-0.4, -0.2) is 37.3 Å². The van der Waals surface area contributed by atoms with E-state index in [-0.39, 0.29) is 0 Å². The van der Waals surface area contributed by atoms with Crippen molar-refractivity contribution >= 4 is 17.7 Å². The molecular weight excluding hydrogens is 216 g/mol. The maximum absolute atomic E-state index is 10.4. The smallest absolute Gasteiger partial charge is 0.328 e. The Labute approximate surface area is 101 Å². The molecule has 4 heteroatoms. The quantitative estimate of drug-likeness (QED) is 0.769. The number of nitrogens with zero attached hydrogens (tertiary/aromatic N) is 1. The van der Waals surface area contributed by atoms with E-state index in [0.717, 1.165) is 37.8 Å². The Bertz CT molecular complexity index is 406. The van der Waals surface area contributed by atoms with E-state index >= 15 is 0 Å². The van der Waals surface area contributed by atoms with E-state index in [2.05, 4.69) is 10.2 Å². The summed E-state index contributed by atoms with van der Waals surface area (Å²) >= 11 is 0. The van der Waals surface area contributed by atoms with Gasteiger partial charge < -0.3 is 15.3 Å². The molecule has 4 nitrogen and oxygen atoms in total. The summed E-state index contributed by atoms with van der Waals surface area (Å²) in [6.07, 6.45) is 2.75. The number of carboxylic acids is 1. The van der Waals surface area contributed by atoms with E-state index in [9.17, 15) is 4.79 Å². The van der Waals surface area contributed by atoms with Gasteiger partial charge in [0, 0.05) is 37.9 Å². The maximum Gasteiger partial charge on any atom is 0.328 e. The van der Waals surface area contributed by atoms with Crippen LogP contribution in [0.2, 0.25) is 0 Å². The summed E-state index contributed by atoms with van der Waals surface area (Å²) in [4.78, 5) is 12.7. The molecule has 0 atom stereocenters. The summed E-state index contributed by atoms with van der Waals surface area (Å²) < 4.78 is 0. The lowest BCUT2D eigenvalue weighted by atomic mass is 10.1. The molecule has 0 bridgehead atoms. The zero-order valence-electron chi connectivity index (χ0n) is 9.60. The molecule has 1 aliphatic heterocycles. The number of hydrogen-bond donors (Lipinski definition) is 2. The lowest BCUT2D eigenvalue weighted by molar-refractivity contribution is -0.131. The largest absolute Gasteiger partial charge is 0.478 e. The molecule has 1 saturated heterocycles. The van der Waals surface area contributed by atoms with Gasteiger partial charge in [0.15, 0.2) is 0 Å². The number of benzene rings is 1. The highest BCUT2D eigenvalue weighted by Gasteiger charge is 2.09. The topological polar surface area (TPSA) is 52.6 Å². The zero-order chi connectivity index (χ0) is 12.1. The third kappa shape index (κ3) is 3.32. The Morgan fingerprint density at radius 2 is 1.88 bits per heavy atom. The van der Waals surface area contributed by atoms with Crippen molar-refractivity contribution in [3.8, 4) is 0 Å². The van der Waals surface area contributed by atoms with Gasteiger partial charge in [-0.3, -0.25) is 0 Å². The molecule has 0 spiro atoms. The van der Waals surface area contributed by atoms with Crippen molar-refractivity contribution < 1.29 is 9.90 Å². The van der Waals surface area contributed by atoms with Gasteiger partial charge in [0.2, 0.25) is 0 Å². The minimum Gasteiger partial charge on any atom is -0.478 e. The second-order valence-electron chi connectivity index (χ2n) is 4.00. The summed E-state index contributed by atoms with van der Waals surface area (Å²) in [6, 6.07) is 7.95. The normalized spacial score (nSPS) is 16.4. The van der Waals surface area contributed by atoms with Gasteiger partial charge in [0.05, 0.1) is 0 Å². The van der Waals surface area contributed by atoms with Crippen molar-refractivity contribution in [3.05, 3.63) is 35.9 Å². The van der Waals surface area contributed by atoms with Gasteiger partial charge in [0.1, 0.15) is 0 Å². The SMILES string of the molecule is O=C(O)/C=C/c1ccc(N2CCNCC2)cc1. The van der Waals surface area contributed by atoms with Crippen LogP contribution in [0.5, 0.6) is 0 Å². The van der Waals surface area contributed by atoms with Crippen LogP contribution >= 0.6 is 0 Å². The summed E-state index contributed by atoms with van der Waals surface area (Å²) in [6.45, 7) is 4.07. The molecule has 0 aliphatic carbocycles. The minimum atomic E-state index is -0.920. The third-order valence-corrected chi connectivity index (χ3v) is 2.79. The third-order valence-electron chi connectivity index (χ3n) is 2.79. The minimum absolute atomic E-state index is 0.909. The Morgan fingerprint density at radius 1 is 1.24 bits per heavy atom. The standard InChI is InChI=1S/C13H16N2O2/c16-13(17)6-3-11-1-4-12(5-2-11)15-9-7-14-8-10-15/h1-6,14H,7-10H2,(H,16,17)/b6-3+. The Hall–Kier alpha value is -1.81. The van der Waals surface area contributed by atoms with Gasteiger partial charge in [-0.25, -0.2) is 4.79 Å². The van der Waals surface area contributed by atoms with Crippen LogP contribution in [0.1, 0.15) is 5.56 Å². The van der Waals surface area contributed by atoms with Gasteiger partial charge in [-0.2, -0.15) is 0 Å². The molecule has 1 fully saturated rings. The lowest BCUT2D eigenvalue weighted by Crippen LogP contribution is -2.43. The fraction of sp³-hybridized carbons (Fsp3) is 0.308. The van der Waals surface area contributed by atoms with Crippen LogP contribution in [-0.2, 0) is 4.79 Å². The number of aliphatic carboxylic acids is 1. The lowest BCUT2D eigenvalue weighted by Gasteiger charge is -2.29. The van der Waals surface area contributed by atoms with E-state index < -0.39 is 5.97 Å². The fourth-order valence-electron chi connectivity index (χ4n) is 1.89. The zero-order valence-corrected chi connectivity index (χ0v) is 9.60. The molecule has 17 heavy (non-hydrogen) atoms. The fourth-order valence-corrected chi connectivity index (χ4v) is 1.89. The Balaban J connectivity index is 2.04. The Kier molecular flexibility index (Phi) is 3.77. The molecule has 0 radical (unpaired) electrons. The molecule has 2 N–H and O–H groups in total. The van der Waals surface area contributed by atoms with Crippen molar-refractivity contribution in [2.24, 2.45) is 0 Å². The predicted molar refractivity (Wildman–Crippen MR) is 68.2 cm³/mol. The first-order chi connectivity index (χ1) is 8.25. The van der Waals surface area contributed by atoms with Crippen molar-refractivity contribution in [3.63, 3.8) is 0 Å². The van der Waals surface area contributed by atoms with Crippen LogP contribution in [0.3, 0.4) is 0 Å². The number of piperazine rings is 1. The molecule has 90 valence electrons. The highest BCUT2D eigenvalue weighted by Crippen LogP contribution is 2.16. The molecule has 0 aromatic heterocycles. The van der Waals surface area contributed by atoms with Crippen LogP contribution in [0.25, 0.3) is 6.08 Å². The van der Waals surface area contributed by atoms with E-state index in [1.807, 2.05) is 24.3 Å². The van der Waals surface area contributed by atoms with Crippen LogP contribution in [0.15, 0.2) is 30.3 Å². The Morgan fingerprint density at radius 3 is 2.47 bits per heavy atom. The molecule has 0 unspecified atom stereocenters. The second kappa shape index (κ2) is 5.50. The first-order valence-corrected chi connectivity index (χ1v) is 5.72. The summed E-state index contributed by atoms with van der Waals surface area (Å²) in [5, 5.41) is 11.8. The maximum atomic E-state index is 10.4. The molecular formula is C13H16N2O2. The van der Waals surface area contributed by atoms with Crippen molar-refractivity contribution in [2.75, 3.05) is 31.1 Å².